The van der Waals surface area contributed by atoms with Crippen molar-refractivity contribution in [2.75, 3.05) is 6.61 Å². The van der Waals surface area contributed by atoms with E-state index < -0.39 is 30.3 Å². The first-order chi connectivity index (χ1) is 9.28. The zero-order chi connectivity index (χ0) is 15.3. The lowest BCUT2D eigenvalue weighted by Gasteiger charge is -2.13. The van der Waals surface area contributed by atoms with E-state index in [9.17, 15) is 22.4 Å². The van der Waals surface area contributed by atoms with E-state index in [4.69, 9.17) is 0 Å². The van der Waals surface area contributed by atoms with Crippen molar-refractivity contribution in [2.24, 2.45) is 0 Å². The molecule has 0 saturated carbocycles. The summed E-state index contributed by atoms with van der Waals surface area (Å²) in [5.74, 6) is -2.50. The summed E-state index contributed by atoms with van der Waals surface area (Å²) in [6.45, 7) is 1.69. The molecule has 0 N–H and O–H groups in total. The van der Waals surface area contributed by atoms with Gasteiger partial charge in [0.1, 0.15) is 0 Å². The molecule has 0 unspecified atom stereocenters. The first kappa shape index (κ1) is 16.7. The van der Waals surface area contributed by atoms with Crippen molar-refractivity contribution in [1.82, 2.24) is 4.98 Å². The monoisotopic (exact) mass is 359 g/mol. The average molecular weight is 360 g/mol. The van der Waals surface area contributed by atoms with E-state index in [0.717, 1.165) is 6.20 Å². The number of nitrogens with zero attached hydrogens (tertiary/aromatic N) is 1. The van der Waals surface area contributed by atoms with Crippen LogP contribution in [-0.4, -0.2) is 23.9 Å². The highest BCUT2D eigenvalue weighted by Gasteiger charge is 2.33. The summed E-state index contributed by atoms with van der Waals surface area (Å²) in [5.41, 5.74) is -0.663. The number of carbonyl (C=O) groups is 1. The smallest absolute Gasteiger partial charge is 0.466 e. The third-order valence-corrected chi connectivity index (χ3v) is 2.69. The molecular formula is C11H10BrF4NO3. The van der Waals surface area contributed by atoms with E-state index in [2.05, 4.69) is 30.4 Å². The van der Waals surface area contributed by atoms with E-state index >= 15 is 0 Å². The van der Waals surface area contributed by atoms with Gasteiger partial charge in [-0.15, -0.1) is 13.2 Å². The van der Waals surface area contributed by atoms with Crippen LogP contribution in [0.1, 0.15) is 18.2 Å². The van der Waals surface area contributed by atoms with Crippen LogP contribution in [0, 0.1) is 5.82 Å². The van der Waals surface area contributed by atoms with Gasteiger partial charge in [0.25, 0.3) is 0 Å². The summed E-state index contributed by atoms with van der Waals surface area (Å²) in [6, 6.07) is 0. The van der Waals surface area contributed by atoms with Crippen LogP contribution in [0.2, 0.25) is 0 Å². The molecule has 0 aliphatic rings. The van der Waals surface area contributed by atoms with Crippen LogP contribution in [0.5, 0.6) is 5.75 Å². The first-order valence-electron chi connectivity index (χ1n) is 5.42. The van der Waals surface area contributed by atoms with E-state index in [1.165, 1.54) is 0 Å². The topological polar surface area (TPSA) is 48.4 Å². The predicted octanol–water partition coefficient (Wildman–Crippen LogP) is 3.12. The largest absolute Gasteiger partial charge is 0.573 e. The molecule has 9 heteroatoms. The van der Waals surface area contributed by atoms with Crippen molar-refractivity contribution in [2.45, 2.75) is 25.0 Å². The Bertz CT molecular complexity index is 493. The zero-order valence-corrected chi connectivity index (χ0v) is 11.8. The Hall–Kier alpha value is -1.38. The fourth-order valence-electron chi connectivity index (χ4n) is 1.36. The molecule has 0 saturated heterocycles. The van der Waals surface area contributed by atoms with Crippen LogP contribution in [0.3, 0.4) is 0 Å². The minimum atomic E-state index is -4.95. The molecule has 0 aliphatic carbocycles. The molecule has 0 fully saturated rings. The normalized spacial score (nSPS) is 11.3. The van der Waals surface area contributed by atoms with Crippen LogP contribution in [0.15, 0.2) is 6.20 Å². The maximum Gasteiger partial charge on any atom is 0.573 e. The standard InChI is InChI=1S/C11H10BrF4NO3/c1-2-19-9(18)3-7-10(13)6(4-12)8(5-17-7)20-11(14,15)16/h5H,2-4H2,1H3. The highest BCUT2D eigenvalue weighted by Crippen LogP contribution is 2.30. The number of carbonyl (C=O) groups excluding carboxylic acids is 1. The lowest BCUT2D eigenvalue weighted by Crippen LogP contribution is -2.19. The van der Waals surface area contributed by atoms with Crippen molar-refractivity contribution < 1.29 is 31.8 Å². The molecule has 1 aromatic rings. The minimum absolute atomic E-state index is 0.112. The number of halogens is 5. The van der Waals surface area contributed by atoms with Crippen molar-refractivity contribution >= 4 is 21.9 Å². The van der Waals surface area contributed by atoms with E-state index in [1.54, 1.807) is 6.92 Å². The number of hydrogen-bond acceptors (Lipinski definition) is 4. The molecule has 0 amide bonds. The number of esters is 1. The van der Waals surface area contributed by atoms with E-state index in [0.29, 0.717) is 0 Å². The summed E-state index contributed by atoms with van der Waals surface area (Å²) in [5, 5.41) is -0.220. The fourth-order valence-corrected chi connectivity index (χ4v) is 1.89. The molecule has 1 heterocycles. The molecule has 1 rings (SSSR count). The van der Waals surface area contributed by atoms with Crippen molar-refractivity contribution in [1.29, 1.82) is 0 Å². The van der Waals surface area contributed by atoms with Gasteiger partial charge in [-0.25, -0.2) is 4.39 Å². The molecule has 0 aromatic carbocycles. The Balaban J connectivity index is 3.05. The van der Waals surface area contributed by atoms with Crippen LogP contribution in [-0.2, 0) is 21.3 Å². The quantitative estimate of drug-likeness (QED) is 0.460. The maximum atomic E-state index is 14.0. The summed E-state index contributed by atoms with van der Waals surface area (Å²) >= 11 is 2.87. The molecule has 1 aromatic heterocycles. The van der Waals surface area contributed by atoms with Crippen LogP contribution < -0.4 is 4.74 Å². The summed E-state index contributed by atoms with van der Waals surface area (Å²) in [7, 11) is 0. The van der Waals surface area contributed by atoms with Gasteiger partial charge in [0.15, 0.2) is 11.6 Å². The van der Waals surface area contributed by atoms with Gasteiger partial charge in [-0.05, 0) is 6.92 Å². The lowest BCUT2D eigenvalue weighted by atomic mass is 10.2. The summed E-state index contributed by atoms with van der Waals surface area (Å²) in [6.07, 6.45) is -4.69. The Morgan fingerprint density at radius 2 is 2.10 bits per heavy atom. The maximum absolute atomic E-state index is 14.0. The second-order valence-corrected chi connectivity index (χ2v) is 4.09. The molecule has 20 heavy (non-hydrogen) atoms. The Kier molecular flexibility index (Phi) is 5.73. The zero-order valence-electron chi connectivity index (χ0n) is 10.3. The van der Waals surface area contributed by atoms with Crippen molar-refractivity contribution in [3.05, 3.63) is 23.3 Å². The van der Waals surface area contributed by atoms with E-state index in [1.807, 2.05) is 0 Å². The van der Waals surface area contributed by atoms with Gasteiger partial charge in [-0.3, -0.25) is 9.78 Å². The molecule has 4 nitrogen and oxygen atoms in total. The molecule has 0 aliphatic heterocycles. The average Bonchev–Trinajstić information content (AvgIpc) is 2.31. The molecule has 0 spiro atoms. The number of pyridine rings is 1. The van der Waals surface area contributed by atoms with Crippen LogP contribution in [0.4, 0.5) is 17.6 Å². The number of rotatable bonds is 5. The predicted molar refractivity (Wildman–Crippen MR) is 63.8 cm³/mol. The SMILES string of the molecule is CCOC(=O)Cc1ncc(OC(F)(F)F)c(CBr)c1F. The lowest BCUT2D eigenvalue weighted by molar-refractivity contribution is -0.275. The number of hydrogen-bond donors (Lipinski definition) is 0. The Morgan fingerprint density at radius 3 is 2.60 bits per heavy atom. The molecule has 0 radical (unpaired) electrons. The molecule has 0 atom stereocenters. The third-order valence-electron chi connectivity index (χ3n) is 2.13. The summed E-state index contributed by atoms with van der Waals surface area (Å²) in [4.78, 5) is 14.7. The van der Waals surface area contributed by atoms with Crippen molar-refractivity contribution in [3.63, 3.8) is 0 Å². The van der Waals surface area contributed by atoms with Gasteiger partial charge < -0.3 is 9.47 Å². The highest BCUT2D eigenvalue weighted by molar-refractivity contribution is 9.08. The van der Waals surface area contributed by atoms with Crippen molar-refractivity contribution in [3.8, 4) is 5.75 Å². The Morgan fingerprint density at radius 1 is 1.45 bits per heavy atom. The molecule has 0 bridgehead atoms. The third kappa shape index (κ3) is 4.62. The van der Waals surface area contributed by atoms with Gasteiger partial charge in [0.05, 0.1) is 24.9 Å². The number of alkyl halides is 4. The highest BCUT2D eigenvalue weighted by atomic mass is 79.9. The van der Waals surface area contributed by atoms with E-state index in [-0.39, 0.29) is 23.2 Å². The van der Waals surface area contributed by atoms with Crippen LogP contribution >= 0.6 is 15.9 Å². The first-order valence-corrected chi connectivity index (χ1v) is 6.54. The van der Waals surface area contributed by atoms with Gasteiger partial charge in [0.2, 0.25) is 0 Å². The number of ether oxygens (including phenoxy) is 2. The van der Waals surface area contributed by atoms with Crippen LogP contribution in [0.25, 0.3) is 0 Å². The number of aromatic nitrogens is 1. The Labute approximate surface area is 120 Å². The minimum Gasteiger partial charge on any atom is -0.466 e. The fraction of sp³-hybridized carbons (Fsp3) is 0.455. The summed E-state index contributed by atoms with van der Waals surface area (Å²) < 4.78 is 58.7. The molecule has 112 valence electrons. The molecular weight excluding hydrogens is 350 g/mol. The van der Waals surface area contributed by atoms with Gasteiger partial charge in [-0.1, -0.05) is 15.9 Å². The van der Waals surface area contributed by atoms with Gasteiger partial charge in [-0.2, -0.15) is 0 Å². The van der Waals surface area contributed by atoms with Gasteiger partial charge in [0, 0.05) is 10.9 Å². The van der Waals surface area contributed by atoms with Gasteiger partial charge >= 0.3 is 12.3 Å². The second kappa shape index (κ2) is 6.87. The second-order valence-electron chi connectivity index (χ2n) is 3.52.